The van der Waals surface area contributed by atoms with Crippen molar-refractivity contribution in [1.29, 1.82) is 0 Å². The van der Waals surface area contributed by atoms with E-state index in [0.29, 0.717) is 0 Å². The van der Waals surface area contributed by atoms with Crippen molar-refractivity contribution < 1.29 is 4.42 Å². The summed E-state index contributed by atoms with van der Waals surface area (Å²) in [7, 11) is 0. The minimum atomic E-state index is 1.13. The average Bonchev–Trinajstić information content (AvgIpc) is 2.35. The van der Waals surface area contributed by atoms with Gasteiger partial charge in [0.05, 0.1) is 6.26 Å². The zero-order valence-electron chi connectivity index (χ0n) is 5.61. The molecule has 1 aromatic rings. The second-order valence-corrected chi connectivity index (χ2v) is 2.65. The van der Waals surface area contributed by atoms with Gasteiger partial charge in [0.15, 0.2) is 0 Å². The number of furan rings is 1. The van der Waals surface area contributed by atoms with Crippen LogP contribution in [0.25, 0.3) is 0 Å². The molecule has 0 atom stereocenters. The molecular formula is C8H10O. The fraction of sp³-hybridized carbons (Fsp3) is 0.500. The SMILES string of the molecule is Cc1occ2c1CCC2. The molecule has 1 nitrogen and oxygen atoms in total. The van der Waals surface area contributed by atoms with Crippen LogP contribution in [0.4, 0.5) is 0 Å². The summed E-state index contributed by atoms with van der Waals surface area (Å²) in [4.78, 5) is 0. The smallest absolute Gasteiger partial charge is 0.104 e. The summed E-state index contributed by atoms with van der Waals surface area (Å²) in [6, 6.07) is 0. The zero-order chi connectivity index (χ0) is 6.27. The van der Waals surface area contributed by atoms with Crippen LogP contribution in [0.1, 0.15) is 23.3 Å². The third kappa shape index (κ3) is 0.607. The Morgan fingerprint density at radius 1 is 1.44 bits per heavy atom. The summed E-state index contributed by atoms with van der Waals surface area (Å²) in [5.74, 6) is 1.13. The molecule has 0 spiro atoms. The zero-order valence-corrected chi connectivity index (χ0v) is 5.61. The van der Waals surface area contributed by atoms with E-state index in [2.05, 4.69) is 0 Å². The van der Waals surface area contributed by atoms with Crippen molar-refractivity contribution in [2.75, 3.05) is 0 Å². The molecule has 2 rings (SSSR count). The lowest BCUT2D eigenvalue weighted by atomic mass is 10.2. The maximum absolute atomic E-state index is 5.24. The molecule has 1 heteroatoms. The lowest BCUT2D eigenvalue weighted by Crippen LogP contribution is -1.75. The van der Waals surface area contributed by atoms with E-state index in [4.69, 9.17) is 4.42 Å². The van der Waals surface area contributed by atoms with Crippen LogP contribution >= 0.6 is 0 Å². The molecule has 1 heterocycles. The van der Waals surface area contributed by atoms with E-state index in [0.717, 1.165) is 5.76 Å². The maximum atomic E-state index is 5.24. The van der Waals surface area contributed by atoms with E-state index < -0.39 is 0 Å². The van der Waals surface area contributed by atoms with Gasteiger partial charge in [-0.25, -0.2) is 0 Å². The highest BCUT2D eigenvalue weighted by atomic mass is 16.3. The third-order valence-electron chi connectivity index (χ3n) is 2.06. The van der Waals surface area contributed by atoms with Crippen LogP contribution in [0, 0.1) is 6.92 Å². The van der Waals surface area contributed by atoms with Crippen LogP contribution in [0.5, 0.6) is 0 Å². The van der Waals surface area contributed by atoms with Gasteiger partial charge in [-0.05, 0) is 37.3 Å². The van der Waals surface area contributed by atoms with Crippen molar-refractivity contribution in [3.8, 4) is 0 Å². The minimum absolute atomic E-state index is 1.13. The first kappa shape index (κ1) is 5.10. The summed E-state index contributed by atoms with van der Waals surface area (Å²) in [5.41, 5.74) is 2.91. The molecule has 0 saturated heterocycles. The Kier molecular flexibility index (Phi) is 0.922. The van der Waals surface area contributed by atoms with Crippen molar-refractivity contribution in [2.45, 2.75) is 26.2 Å². The highest BCUT2D eigenvalue weighted by Gasteiger charge is 2.15. The molecule has 0 bridgehead atoms. The van der Waals surface area contributed by atoms with Crippen molar-refractivity contribution in [2.24, 2.45) is 0 Å². The standard InChI is InChI=1S/C8H10O/c1-6-8-4-2-3-7(8)5-9-6/h5H,2-4H2,1H3. The van der Waals surface area contributed by atoms with Crippen LogP contribution in [-0.2, 0) is 12.8 Å². The van der Waals surface area contributed by atoms with E-state index in [9.17, 15) is 0 Å². The van der Waals surface area contributed by atoms with Gasteiger partial charge < -0.3 is 4.42 Å². The first-order chi connectivity index (χ1) is 4.38. The maximum Gasteiger partial charge on any atom is 0.104 e. The van der Waals surface area contributed by atoms with Crippen LogP contribution in [0.15, 0.2) is 10.7 Å². The van der Waals surface area contributed by atoms with Crippen molar-refractivity contribution >= 4 is 0 Å². The van der Waals surface area contributed by atoms with E-state index in [1.807, 2.05) is 13.2 Å². The molecule has 0 saturated carbocycles. The Morgan fingerprint density at radius 2 is 2.33 bits per heavy atom. The highest BCUT2D eigenvalue weighted by Crippen LogP contribution is 2.25. The molecule has 0 unspecified atom stereocenters. The predicted octanol–water partition coefficient (Wildman–Crippen LogP) is 2.08. The van der Waals surface area contributed by atoms with Crippen molar-refractivity contribution in [3.05, 3.63) is 23.2 Å². The predicted molar refractivity (Wildman–Crippen MR) is 35.5 cm³/mol. The minimum Gasteiger partial charge on any atom is -0.469 e. The molecule has 0 radical (unpaired) electrons. The Balaban J connectivity index is 2.56. The second-order valence-electron chi connectivity index (χ2n) is 2.65. The average molecular weight is 122 g/mol. The largest absolute Gasteiger partial charge is 0.469 e. The number of rotatable bonds is 0. The molecule has 0 amide bonds. The number of aryl methyl sites for hydroxylation is 2. The lowest BCUT2D eigenvalue weighted by molar-refractivity contribution is 0.523. The van der Waals surface area contributed by atoms with Gasteiger partial charge in [-0.1, -0.05) is 0 Å². The van der Waals surface area contributed by atoms with Gasteiger partial charge >= 0.3 is 0 Å². The van der Waals surface area contributed by atoms with E-state index in [-0.39, 0.29) is 0 Å². The van der Waals surface area contributed by atoms with E-state index in [1.165, 1.54) is 30.4 Å². The Morgan fingerprint density at radius 3 is 3.11 bits per heavy atom. The van der Waals surface area contributed by atoms with Gasteiger partial charge in [-0.3, -0.25) is 0 Å². The molecule has 0 aromatic carbocycles. The van der Waals surface area contributed by atoms with Crippen molar-refractivity contribution in [3.63, 3.8) is 0 Å². The molecule has 1 aliphatic carbocycles. The number of hydrogen-bond donors (Lipinski definition) is 0. The van der Waals surface area contributed by atoms with Crippen LogP contribution < -0.4 is 0 Å². The molecular weight excluding hydrogens is 112 g/mol. The molecule has 1 aliphatic rings. The first-order valence-electron chi connectivity index (χ1n) is 3.44. The number of fused-ring (bicyclic) bond motifs is 1. The Bertz CT molecular complexity index is 222. The highest BCUT2D eigenvalue weighted by molar-refractivity contribution is 5.31. The quantitative estimate of drug-likeness (QED) is 0.513. The molecule has 1 aromatic heterocycles. The van der Waals surface area contributed by atoms with Gasteiger partial charge in [-0.15, -0.1) is 0 Å². The third-order valence-corrected chi connectivity index (χ3v) is 2.06. The summed E-state index contributed by atoms with van der Waals surface area (Å²) < 4.78 is 5.24. The molecule has 48 valence electrons. The first-order valence-corrected chi connectivity index (χ1v) is 3.44. The topological polar surface area (TPSA) is 13.1 Å². The van der Waals surface area contributed by atoms with Crippen molar-refractivity contribution in [1.82, 2.24) is 0 Å². The second kappa shape index (κ2) is 1.63. The molecule has 0 aliphatic heterocycles. The summed E-state index contributed by atoms with van der Waals surface area (Å²) in [6.45, 7) is 2.05. The van der Waals surface area contributed by atoms with Crippen LogP contribution in [-0.4, -0.2) is 0 Å². The molecule has 0 fully saturated rings. The van der Waals surface area contributed by atoms with Gasteiger partial charge in [0.25, 0.3) is 0 Å². The molecule has 9 heavy (non-hydrogen) atoms. The van der Waals surface area contributed by atoms with Gasteiger partial charge in [0.1, 0.15) is 5.76 Å². The summed E-state index contributed by atoms with van der Waals surface area (Å²) in [5, 5.41) is 0. The fourth-order valence-electron chi connectivity index (χ4n) is 1.53. The van der Waals surface area contributed by atoms with Gasteiger partial charge in [0.2, 0.25) is 0 Å². The van der Waals surface area contributed by atoms with Crippen LogP contribution in [0.3, 0.4) is 0 Å². The fourth-order valence-corrected chi connectivity index (χ4v) is 1.53. The Labute approximate surface area is 54.7 Å². The monoisotopic (exact) mass is 122 g/mol. The van der Waals surface area contributed by atoms with Gasteiger partial charge in [-0.2, -0.15) is 0 Å². The molecule has 0 N–H and O–H groups in total. The normalized spacial score (nSPS) is 16.1. The van der Waals surface area contributed by atoms with E-state index in [1.54, 1.807) is 0 Å². The number of hydrogen-bond acceptors (Lipinski definition) is 1. The summed E-state index contributed by atoms with van der Waals surface area (Å²) >= 11 is 0. The van der Waals surface area contributed by atoms with Gasteiger partial charge in [0, 0.05) is 0 Å². The summed E-state index contributed by atoms with van der Waals surface area (Å²) in [6.07, 6.45) is 5.68. The Hall–Kier alpha value is -0.720. The van der Waals surface area contributed by atoms with Crippen LogP contribution in [0.2, 0.25) is 0 Å². The lowest BCUT2D eigenvalue weighted by Gasteiger charge is -1.86. The van der Waals surface area contributed by atoms with E-state index >= 15 is 0 Å².